The van der Waals surface area contributed by atoms with Crippen LogP contribution in [0.4, 0.5) is 21.5 Å². The van der Waals surface area contributed by atoms with Gasteiger partial charge in [-0.15, -0.1) is 0 Å². The molecule has 0 atom stereocenters. The fraction of sp³-hybridized carbons (Fsp3) is 0.0769. The van der Waals surface area contributed by atoms with Gasteiger partial charge in [0.2, 0.25) is 0 Å². The summed E-state index contributed by atoms with van der Waals surface area (Å²) in [5, 5.41) is 2.34. The number of nitrogens with zero attached hydrogens (tertiary/aromatic N) is 2. The third-order valence-electron chi connectivity index (χ3n) is 8.84. The van der Waals surface area contributed by atoms with Crippen molar-refractivity contribution in [3.05, 3.63) is 156 Å². The summed E-state index contributed by atoms with van der Waals surface area (Å²) in [6, 6.07) is 48.1. The third-order valence-corrected chi connectivity index (χ3v) is 8.84. The molecule has 0 saturated heterocycles. The molecule has 202 valence electrons. The van der Waals surface area contributed by atoms with Crippen molar-refractivity contribution in [2.24, 2.45) is 0 Å². The maximum absolute atomic E-state index is 13.9. The molecule has 2 nitrogen and oxygen atoms in total. The molecule has 8 rings (SSSR count). The molecule has 1 aromatic heterocycles. The van der Waals surface area contributed by atoms with Crippen LogP contribution in [-0.2, 0) is 5.41 Å². The van der Waals surface area contributed by atoms with Crippen LogP contribution in [0.3, 0.4) is 0 Å². The molecule has 0 N–H and O–H groups in total. The number of fused-ring (bicyclic) bond motifs is 6. The highest BCUT2D eigenvalue weighted by molar-refractivity contribution is 6.10. The van der Waals surface area contributed by atoms with Gasteiger partial charge in [-0.05, 0) is 89.0 Å². The quantitative estimate of drug-likeness (QED) is 0.214. The first kappa shape index (κ1) is 24.6. The molecule has 0 radical (unpaired) electrons. The summed E-state index contributed by atoms with van der Waals surface area (Å²) < 4.78 is 16.2. The van der Waals surface area contributed by atoms with E-state index in [4.69, 9.17) is 0 Å². The first-order valence-corrected chi connectivity index (χ1v) is 14.4. The topological polar surface area (TPSA) is 8.17 Å². The van der Waals surface area contributed by atoms with E-state index < -0.39 is 0 Å². The molecule has 1 aliphatic carbocycles. The first-order chi connectivity index (χ1) is 20.5. The average molecular weight is 545 g/mol. The van der Waals surface area contributed by atoms with Crippen LogP contribution in [-0.4, -0.2) is 4.57 Å². The number of aromatic nitrogens is 1. The molecule has 1 aliphatic rings. The molecule has 0 saturated carbocycles. The summed E-state index contributed by atoms with van der Waals surface area (Å²) >= 11 is 0. The minimum Gasteiger partial charge on any atom is -0.310 e. The number of para-hydroxylation sites is 2. The lowest BCUT2D eigenvalue weighted by Crippen LogP contribution is -2.16. The number of rotatable bonds is 4. The van der Waals surface area contributed by atoms with Gasteiger partial charge in [0.05, 0.1) is 11.0 Å². The molecule has 7 aromatic rings. The van der Waals surface area contributed by atoms with Crippen LogP contribution in [0.5, 0.6) is 0 Å². The van der Waals surface area contributed by atoms with Crippen molar-refractivity contribution in [2.75, 3.05) is 4.90 Å². The van der Waals surface area contributed by atoms with E-state index in [-0.39, 0.29) is 11.2 Å². The molecule has 0 aliphatic heterocycles. The average Bonchev–Trinajstić information content (AvgIpc) is 3.47. The van der Waals surface area contributed by atoms with Crippen LogP contribution in [0.2, 0.25) is 0 Å². The highest BCUT2D eigenvalue weighted by atomic mass is 19.1. The Labute approximate surface area is 244 Å². The fourth-order valence-corrected chi connectivity index (χ4v) is 6.82. The largest absolute Gasteiger partial charge is 0.310 e. The zero-order valence-corrected chi connectivity index (χ0v) is 23.6. The standard InChI is InChI=1S/C39H29FN2/c1-39(2)35-14-8-6-12-31(35)32-22-20-29(24-36(32)39)41(27-10-4-3-5-11-27)30-21-23-34-33-13-7-9-15-37(33)42(38(34)25-30)28-18-16-26(40)17-19-28/h3-25H,1-2H3. The Kier molecular flexibility index (Phi) is 5.39. The fourth-order valence-electron chi connectivity index (χ4n) is 6.82. The van der Waals surface area contributed by atoms with Crippen molar-refractivity contribution in [3.63, 3.8) is 0 Å². The number of benzene rings is 6. The number of hydrogen-bond acceptors (Lipinski definition) is 1. The van der Waals surface area contributed by atoms with Crippen LogP contribution in [0.25, 0.3) is 38.6 Å². The van der Waals surface area contributed by atoms with Crippen LogP contribution in [0, 0.1) is 5.82 Å². The van der Waals surface area contributed by atoms with Crippen molar-refractivity contribution >= 4 is 38.9 Å². The summed E-state index contributed by atoms with van der Waals surface area (Å²) in [7, 11) is 0. The van der Waals surface area contributed by atoms with E-state index in [2.05, 4.69) is 139 Å². The minimum atomic E-state index is -0.239. The van der Waals surface area contributed by atoms with Crippen molar-refractivity contribution < 1.29 is 4.39 Å². The minimum absolute atomic E-state index is 0.0940. The highest BCUT2D eigenvalue weighted by Crippen LogP contribution is 2.50. The van der Waals surface area contributed by atoms with Crippen molar-refractivity contribution in [3.8, 4) is 16.8 Å². The summed E-state index contributed by atoms with van der Waals surface area (Å²) in [6.07, 6.45) is 0. The smallest absolute Gasteiger partial charge is 0.123 e. The Morgan fingerprint density at radius 2 is 1.17 bits per heavy atom. The molecule has 1 heterocycles. The lowest BCUT2D eigenvalue weighted by molar-refractivity contribution is 0.627. The van der Waals surface area contributed by atoms with Gasteiger partial charge < -0.3 is 9.47 Å². The van der Waals surface area contributed by atoms with E-state index in [0.29, 0.717) is 0 Å². The lowest BCUT2D eigenvalue weighted by atomic mass is 9.82. The van der Waals surface area contributed by atoms with E-state index in [0.717, 1.165) is 39.2 Å². The van der Waals surface area contributed by atoms with Crippen LogP contribution in [0.15, 0.2) is 140 Å². The van der Waals surface area contributed by atoms with Gasteiger partial charge in [0.25, 0.3) is 0 Å². The second kappa shape index (κ2) is 9.19. The van der Waals surface area contributed by atoms with E-state index in [1.807, 2.05) is 12.1 Å². The number of hydrogen-bond donors (Lipinski definition) is 0. The van der Waals surface area contributed by atoms with Gasteiger partial charge in [-0.1, -0.05) is 86.6 Å². The SMILES string of the molecule is CC1(C)c2ccccc2-c2ccc(N(c3ccccc3)c3ccc4c5ccccc5n(-c5ccc(F)cc5)c4c3)cc21. The Hall–Kier alpha value is -5.15. The van der Waals surface area contributed by atoms with E-state index >= 15 is 0 Å². The first-order valence-electron chi connectivity index (χ1n) is 14.4. The van der Waals surface area contributed by atoms with Gasteiger partial charge in [0, 0.05) is 38.9 Å². The molecule has 0 unspecified atom stereocenters. The highest BCUT2D eigenvalue weighted by Gasteiger charge is 2.35. The van der Waals surface area contributed by atoms with Crippen LogP contribution in [0.1, 0.15) is 25.0 Å². The Morgan fingerprint density at radius 3 is 2.00 bits per heavy atom. The van der Waals surface area contributed by atoms with Gasteiger partial charge in [0.1, 0.15) is 5.82 Å². The summed E-state index contributed by atoms with van der Waals surface area (Å²) in [6.45, 7) is 4.64. The summed E-state index contributed by atoms with van der Waals surface area (Å²) in [5.41, 5.74) is 11.6. The Balaban J connectivity index is 1.36. The van der Waals surface area contributed by atoms with E-state index in [1.165, 1.54) is 39.8 Å². The second-order valence-corrected chi connectivity index (χ2v) is 11.6. The molecule has 0 amide bonds. The zero-order valence-electron chi connectivity index (χ0n) is 23.6. The Bertz CT molecular complexity index is 2120. The molecule has 3 heteroatoms. The van der Waals surface area contributed by atoms with Gasteiger partial charge in [-0.3, -0.25) is 0 Å². The molecule has 0 bridgehead atoms. The van der Waals surface area contributed by atoms with Crippen LogP contribution >= 0.6 is 0 Å². The van der Waals surface area contributed by atoms with Gasteiger partial charge in [-0.2, -0.15) is 0 Å². The molecule has 0 fully saturated rings. The van der Waals surface area contributed by atoms with E-state index in [1.54, 1.807) is 0 Å². The lowest BCUT2D eigenvalue weighted by Gasteiger charge is -2.28. The van der Waals surface area contributed by atoms with Gasteiger partial charge in [0.15, 0.2) is 0 Å². The monoisotopic (exact) mass is 544 g/mol. The second-order valence-electron chi connectivity index (χ2n) is 11.6. The van der Waals surface area contributed by atoms with Crippen molar-refractivity contribution in [2.45, 2.75) is 19.3 Å². The maximum atomic E-state index is 13.9. The van der Waals surface area contributed by atoms with Gasteiger partial charge in [-0.25, -0.2) is 4.39 Å². The van der Waals surface area contributed by atoms with Crippen molar-refractivity contribution in [1.29, 1.82) is 0 Å². The van der Waals surface area contributed by atoms with Gasteiger partial charge >= 0.3 is 0 Å². The summed E-state index contributed by atoms with van der Waals surface area (Å²) in [4.78, 5) is 2.34. The van der Waals surface area contributed by atoms with Crippen LogP contribution < -0.4 is 4.90 Å². The number of anilines is 3. The predicted octanol–water partition coefficient (Wildman–Crippen LogP) is 10.7. The third kappa shape index (κ3) is 3.63. The molecule has 6 aromatic carbocycles. The molecular formula is C39H29FN2. The van der Waals surface area contributed by atoms with E-state index in [9.17, 15) is 4.39 Å². The molecule has 0 spiro atoms. The maximum Gasteiger partial charge on any atom is 0.123 e. The number of halogens is 1. The summed E-state index contributed by atoms with van der Waals surface area (Å²) in [5.74, 6) is -0.239. The normalized spacial score (nSPS) is 13.3. The molecule has 42 heavy (non-hydrogen) atoms. The van der Waals surface area contributed by atoms with Crippen molar-refractivity contribution in [1.82, 2.24) is 4.57 Å². The zero-order chi connectivity index (χ0) is 28.4. The Morgan fingerprint density at radius 1 is 0.524 bits per heavy atom. The molecular weight excluding hydrogens is 515 g/mol. The predicted molar refractivity (Wildman–Crippen MR) is 173 cm³/mol.